The number of para-hydroxylation sites is 3. The molecule has 0 radical (unpaired) electrons. The van der Waals surface area contributed by atoms with Crippen molar-refractivity contribution in [2.75, 3.05) is 9.80 Å². The molecule has 11 rings (SSSR count). The van der Waals surface area contributed by atoms with Gasteiger partial charge in [0.05, 0.1) is 0 Å². The summed E-state index contributed by atoms with van der Waals surface area (Å²) in [6, 6.07) is 49.4. The molecule has 1 unspecified atom stereocenters. The summed E-state index contributed by atoms with van der Waals surface area (Å²) in [5.41, 5.74) is 21.2. The quantitative estimate of drug-likeness (QED) is 0.181. The smallest absolute Gasteiger partial charge is 0.248 e. The van der Waals surface area contributed by atoms with Gasteiger partial charge in [-0.05, 0) is 117 Å². The topological polar surface area (TPSA) is 6.48 Å². The summed E-state index contributed by atoms with van der Waals surface area (Å²) in [5, 5.41) is 0. The molecule has 5 aliphatic rings. The van der Waals surface area contributed by atoms with Gasteiger partial charge in [-0.3, -0.25) is 0 Å². The third kappa shape index (κ3) is 3.84. The minimum atomic E-state index is 0.157. The van der Waals surface area contributed by atoms with E-state index in [1.54, 1.807) is 0 Å². The number of allylic oxidation sites excluding steroid dienone is 7. The lowest BCUT2D eigenvalue weighted by Crippen LogP contribution is -2.54. The number of benzene rings is 6. The zero-order valence-electron chi connectivity index (χ0n) is 26.9. The largest absolute Gasteiger partial charge is 0.311 e. The monoisotopic (exact) mass is 622 g/mol. The van der Waals surface area contributed by atoms with Gasteiger partial charge in [-0.25, -0.2) is 0 Å². The van der Waals surface area contributed by atoms with Crippen LogP contribution in [0.1, 0.15) is 22.6 Å². The van der Waals surface area contributed by atoms with E-state index in [0.29, 0.717) is 5.92 Å². The second kappa shape index (κ2) is 10.2. The van der Waals surface area contributed by atoms with Crippen molar-refractivity contribution in [3.05, 3.63) is 192 Å². The molecule has 0 saturated heterocycles. The van der Waals surface area contributed by atoms with E-state index in [2.05, 4.69) is 180 Å². The van der Waals surface area contributed by atoms with Crippen LogP contribution in [0.15, 0.2) is 175 Å². The molecule has 0 bridgehead atoms. The lowest BCUT2D eigenvalue weighted by molar-refractivity contribution is 0.892. The zero-order valence-corrected chi connectivity index (χ0v) is 26.9. The predicted molar refractivity (Wildman–Crippen MR) is 207 cm³/mol. The SMILES string of the molecule is C1=CC2=CCc3cc(N4c5ccccc5B5c6cc(N(c7ccccc7)c7ccccc7)ccc6-c6cccc4c65)cc4c3C2C(=C1)C=C4. The van der Waals surface area contributed by atoms with Gasteiger partial charge in [0.2, 0.25) is 6.71 Å². The van der Waals surface area contributed by atoms with Crippen LogP contribution in [0.3, 0.4) is 0 Å². The number of rotatable bonds is 4. The van der Waals surface area contributed by atoms with Crippen LogP contribution in [-0.2, 0) is 6.42 Å². The number of hydrogen-bond donors (Lipinski definition) is 0. The van der Waals surface area contributed by atoms with Crippen molar-refractivity contribution >= 4 is 63.3 Å². The summed E-state index contributed by atoms with van der Waals surface area (Å²) in [7, 11) is 0. The van der Waals surface area contributed by atoms with Crippen molar-refractivity contribution in [2.24, 2.45) is 0 Å². The van der Waals surface area contributed by atoms with Gasteiger partial charge in [0.25, 0.3) is 0 Å². The first-order valence-electron chi connectivity index (χ1n) is 17.3. The maximum absolute atomic E-state index is 2.54. The fourth-order valence-electron chi connectivity index (χ4n) is 9.13. The number of nitrogens with zero attached hydrogens (tertiary/aromatic N) is 2. The Balaban J connectivity index is 1.09. The van der Waals surface area contributed by atoms with Gasteiger partial charge >= 0.3 is 0 Å². The molecule has 6 aromatic rings. The van der Waals surface area contributed by atoms with Crippen molar-refractivity contribution in [3.8, 4) is 11.1 Å². The van der Waals surface area contributed by atoms with E-state index in [1.807, 2.05) is 0 Å². The Labute approximate surface area is 287 Å². The molecule has 2 heterocycles. The highest BCUT2D eigenvalue weighted by molar-refractivity contribution is 7.01. The van der Waals surface area contributed by atoms with Gasteiger partial charge in [0.15, 0.2) is 0 Å². The van der Waals surface area contributed by atoms with E-state index in [9.17, 15) is 0 Å². The van der Waals surface area contributed by atoms with Crippen molar-refractivity contribution < 1.29 is 0 Å². The molecule has 0 fully saturated rings. The molecule has 3 aliphatic carbocycles. The van der Waals surface area contributed by atoms with Crippen LogP contribution in [0.4, 0.5) is 34.1 Å². The number of fused-ring (bicyclic) bond motifs is 5. The summed E-state index contributed by atoms with van der Waals surface area (Å²) in [6.07, 6.45) is 14.8. The molecule has 0 saturated carbocycles. The van der Waals surface area contributed by atoms with Crippen LogP contribution >= 0.6 is 0 Å². The van der Waals surface area contributed by atoms with Gasteiger partial charge in [-0.1, -0.05) is 115 Å². The van der Waals surface area contributed by atoms with Gasteiger partial charge in [0.1, 0.15) is 0 Å². The normalized spacial score (nSPS) is 16.7. The molecule has 2 aliphatic heterocycles. The average Bonchev–Trinajstić information content (AvgIpc) is 3.50. The molecule has 0 N–H and O–H groups in total. The van der Waals surface area contributed by atoms with E-state index in [-0.39, 0.29) is 6.71 Å². The first kappa shape index (κ1) is 27.0. The number of hydrogen-bond acceptors (Lipinski definition) is 2. The van der Waals surface area contributed by atoms with Crippen LogP contribution in [0.5, 0.6) is 0 Å². The van der Waals surface area contributed by atoms with Crippen LogP contribution in [0, 0.1) is 0 Å². The zero-order chi connectivity index (χ0) is 32.1. The molecule has 0 amide bonds. The molecule has 0 aromatic heterocycles. The summed E-state index contributed by atoms with van der Waals surface area (Å²) >= 11 is 0. The van der Waals surface area contributed by atoms with Gasteiger partial charge in [-0.2, -0.15) is 0 Å². The first-order chi connectivity index (χ1) is 24.3. The third-order valence-corrected chi connectivity index (χ3v) is 11.1. The summed E-state index contributed by atoms with van der Waals surface area (Å²) in [6.45, 7) is 0.157. The molecular weight excluding hydrogens is 591 g/mol. The fraction of sp³-hybridized carbons (Fsp3) is 0.0435. The maximum Gasteiger partial charge on any atom is 0.248 e. The molecule has 2 nitrogen and oxygen atoms in total. The predicted octanol–water partition coefficient (Wildman–Crippen LogP) is 9.53. The lowest BCUT2D eigenvalue weighted by atomic mass is 9.37. The molecule has 0 spiro atoms. The van der Waals surface area contributed by atoms with Crippen molar-refractivity contribution in [3.63, 3.8) is 0 Å². The van der Waals surface area contributed by atoms with E-state index < -0.39 is 0 Å². The van der Waals surface area contributed by atoms with Gasteiger partial charge < -0.3 is 9.80 Å². The maximum atomic E-state index is 2.54. The van der Waals surface area contributed by atoms with Crippen LogP contribution < -0.4 is 26.2 Å². The number of anilines is 6. The highest BCUT2D eigenvalue weighted by Gasteiger charge is 2.43. The van der Waals surface area contributed by atoms with Crippen LogP contribution in [0.25, 0.3) is 17.2 Å². The molecule has 3 heteroatoms. The summed E-state index contributed by atoms with van der Waals surface area (Å²) in [5.74, 6) is 0.358. The minimum Gasteiger partial charge on any atom is -0.311 e. The van der Waals surface area contributed by atoms with Crippen LogP contribution in [-0.4, -0.2) is 6.71 Å². The Bertz CT molecular complexity index is 2450. The molecule has 6 aromatic carbocycles. The first-order valence-corrected chi connectivity index (χ1v) is 17.3. The van der Waals surface area contributed by atoms with E-state index in [4.69, 9.17) is 0 Å². The fourth-order valence-corrected chi connectivity index (χ4v) is 9.13. The highest BCUT2D eigenvalue weighted by Crippen LogP contribution is 2.49. The Kier molecular flexibility index (Phi) is 5.62. The third-order valence-electron chi connectivity index (χ3n) is 11.1. The molecule has 228 valence electrons. The summed E-state index contributed by atoms with van der Waals surface area (Å²) in [4.78, 5) is 4.91. The second-order valence-corrected chi connectivity index (χ2v) is 13.7. The second-order valence-electron chi connectivity index (χ2n) is 13.7. The Hall–Kier alpha value is -6.06. The molecule has 1 atom stereocenters. The summed E-state index contributed by atoms with van der Waals surface area (Å²) < 4.78 is 0. The van der Waals surface area contributed by atoms with Crippen LogP contribution in [0.2, 0.25) is 0 Å². The Morgan fingerprint density at radius 3 is 2.20 bits per heavy atom. The standard InChI is InChI=1S/C46H31BN2/c1-3-13-34(14-4-1)48(35-15-5-2-6-16-35)36-25-26-38-39-17-10-20-43-46(39)47(41(38)29-36)40-18-7-8-19-42(40)49(43)37-27-32-23-21-30-11-9-12-31-22-24-33(28-37)45(32)44(30)31/h1-23,25-29,44H,24H2. The van der Waals surface area contributed by atoms with Crippen molar-refractivity contribution in [2.45, 2.75) is 12.3 Å². The highest BCUT2D eigenvalue weighted by atomic mass is 15.2. The lowest BCUT2D eigenvalue weighted by Gasteiger charge is -2.38. The minimum absolute atomic E-state index is 0.157. The van der Waals surface area contributed by atoms with E-state index >= 15 is 0 Å². The molecular formula is C46H31BN2. The van der Waals surface area contributed by atoms with Crippen molar-refractivity contribution in [1.29, 1.82) is 0 Å². The van der Waals surface area contributed by atoms with E-state index in [1.165, 1.54) is 78.1 Å². The van der Waals surface area contributed by atoms with E-state index in [0.717, 1.165) is 17.8 Å². The average molecular weight is 623 g/mol. The van der Waals surface area contributed by atoms with Crippen molar-refractivity contribution in [1.82, 2.24) is 0 Å². The Morgan fingerprint density at radius 2 is 1.37 bits per heavy atom. The Morgan fingerprint density at radius 1 is 0.592 bits per heavy atom. The van der Waals surface area contributed by atoms with Gasteiger partial charge in [0, 0.05) is 40.0 Å². The van der Waals surface area contributed by atoms with Gasteiger partial charge in [-0.15, -0.1) is 0 Å². The molecule has 49 heavy (non-hydrogen) atoms.